The van der Waals surface area contributed by atoms with E-state index < -0.39 is 16.1 Å². The van der Waals surface area contributed by atoms with Crippen molar-refractivity contribution in [3.05, 3.63) is 58.6 Å². The van der Waals surface area contributed by atoms with Crippen LogP contribution in [0.1, 0.15) is 67.2 Å². The maximum absolute atomic E-state index is 11.8. The molecule has 0 aromatic heterocycles. The molecule has 12 heteroatoms. The van der Waals surface area contributed by atoms with Gasteiger partial charge in [-0.05, 0) is 104 Å². The van der Waals surface area contributed by atoms with E-state index in [0.717, 1.165) is 63.2 Å². The van der Waals surface area contributed by atoms with E-state index in [1.807, 2.05) is 65.8 Å². The standard InChI is InChI=1S/C16H23N3O4.C16H25N3O2/c1-16(2,3)23-15(20)17-12-8-10-18(11-9-12)13-4-6-14(7-5-13)19(21)22;1-16(2,3)21-15(20)18-13-8-10-19(11-9-13)14-6-4-12(17)5-7-14/h4-7,12H,8-11H2,1-3H3,(H,17,20);4-7,13H,8-11,17H2,1-3H3,(H,18,20). The number of nitrogen functional groups attached to an aromatic ring is 1. The molecule has 0 spiro atoms. The highest BCUT2D eigenvalue weighted by atomic mass is 16.6. The lowest BCUT2D eigenvalue weighted by Gasteiger charge is -2.34. The van der Waals surface area contributed by atoms with Crippen LogP contribution >= 0.6 is 0 Å². The predicted octanol–water partition coefficient (Wildman–Crippen LogP) is 5.85. The molecule has 2 aromatic rings. The molecule has 2 heterocycles. The second-order valence-corrected chi connectivity index (χ2v) is 13.2. The number of non-ortho nitro benzene ring substituents is 1. The molecule has 0 radical (unpaired) electrons. The first kappa shape index (κ1) is 34.3. The third-order valence-electron chi connectivity index (χ3n) is 7.12. The number of ether oxygens (including phenoxy) is 2. The lowest BCUT2D eigenvalue weighted by Crippen LogP contribution is -2.46. The van der Waals surface area contributed by atoms with Crippen LogP contribution in [-0.2, 0) is 9.47 Å². The van der Waals surface area contributed by atoms with Gasteiger partial charge < -0.3 is 35.6 Å². The summed E-state index contributed by atoms with van der Waals surface area (Å²) in [6.45, 7) is 14.5. The zero-order valence-corrected chi connectivity index (χ0v) is 26.8. The van der Waals surface area contributed by atoms with Gasteiger partial charge in [0, 0.05) is 67.5 Å². The summed E-state index contributed by atoms with van der Waals surface area (Å²) in [4.78, 5) is 38.3. The Labute approximate surface area is 260 Å². The number of nitrogens with one attached hydrogen (secondary N) is 2. The molecule has 0 bridgehead atoms. The third-order valence-corrected chi connectivity index (χ3v) is 7.12. The van der Waals surface area contributed by atoms with E-state index in [1.165, 1.54) is 17.8 Å². The molecular formula is C32H48N6O6. The minimum absolute atomic E-state index is 0.0928. The van der Waals surface area contributed by atoms with Gasteiger partial charge in [0.2, 0.25) is 0 Å². The van der Waals surface area contributed by atoms with Gasteiger partial charge in [-0.1, -0.05) is 0 Å². The number of carbonyl (C=O) groups is 2. The van der Waals surface area contributed by atoms with E-state index in [-0.39, 0.29) is 30.0 Å². The van der Waals surface area contributed by atoms with Gasteiger partial charge in [-0.25, -0.2) is 9.59 Å². The van der Waals surface area contributed by atoms with Crippen LogP contribution in [0.15, 0.2) is 48.5 Å². The molecule has 4 N–H and O–H groups in total. The lowest BCUT2D eigenvalue weighted by atomic mass is 10.0. The molecule has 242 valence electrons. The number of piperidine rings is 2. The number of benzene rings is 2. The molecule has 0 aliphatic carbocycles. The Kier molecular flexibility index (Phi) is 11.7. The van der Waals surface area contributed by atoms with Gasteiger partial charge in [0.15, 0.2) is 0 Å². The summed E-state index contributed by atoms with van der Waals surface area (Å²) in [7, 11) is 0. The van der Waals surface area contributed by atoms with Gasteiger partial charge in [0.25, 0.3) is 5.69 Å². The highest BCUT2D eigenvalue weighted by Crippen LogP contribution is 2.24. The molecule has 2 aliphatic heterocycles. The van der Waals surface area contributed by atoms with E-state index in [9.17, 15) is 19.7 Å². The molecule has 2 aliphatic rings. The average Bonchev–Trinajstić information content (AvgIpc) is 2.93. The molecule has 0 unspecified atom stereocenters. The number of amides is 2. The topological polar surface area (TPSA) is 152 Å². The largest absolute Gasteiger partial charge is 0.444 e. The number of carbonyl (C=O) groups excluding carboxylic acids is 2. The minimum Gasteiger partial charge on any atom is -0.444 e. The summed E-state index contributed by atoms with van der Waals surface area (Å²) in [5, 5.41) is 16.5. The maximum atomic E-state index is 11.8. The Bertz CT molecular complexity index is 1220. The first-order valence-electron chi connectivity index (χ1n) is 15.2. The highest BCUT2D eigenvalue weighted by Gasteiger charge is 2.25. The molecule has 12 nitrogen and oxygen atoms in total. The van der Waals surface area contributed by atoms with Crippen molar-refractivity contribution in [3.8, 4) is 0 Å². The van der Waals surface area contributed by atoms with Gasteiger partial charge in [0.05, 0.1) is 4.92 Å². The van der Waals surface area contributed by atoms with Gasteiger partial charge in [0.1, 0.15) is 11.2 Å². The minimum atomic E-state index is -0.496. The highest BCUT2D eigenvalue weighted by molar-refractivity contribution is 5.68. The Morgan fingerprint density at radius 3 is 1.39 bits per heavy atom. The fourth-order valence-electron chi connectivity index (χ4n) is 4.98. The molecular weight excluding hydrogens is 564 g/mol. The number of nitrogens with two attached hydrogens (primary N) is 1. The van der Waals surface area contributed by atoms with E-state index in [1.54, 1.807) is 12.1 Å². The summed E-state index contributed by atoms with van der Waals surface area (Å²) >= 11 is 0. The number of alkyl carbamates (subject to hydrolysis) is 2. The first-order chi connectivity index (χ1) is 20.6. The van der Waals surface area contributed by atoms with E-state index >= 15 is 0 Å². The Morgan fingerprint density at radius 1 is 0.727 bits per heavy atom. The number of hydrogen-bond donors (Lipinski definition) is 3. The van der Waals surface area contributed by atoms with Crippen molar-refractivity contribution in [2.24, 2.45) is 0 Å². The van der Waals surface area contributed by atoms with Crippen molar-refractivity contribution in [2.45, 2.75) is 90.5 Å². The van der Waals surface area contributed by atoms with Crippen molar-refractivity contribution in [2.75, 3.05) is 41.7 Å². The summed E-state index contributed by atoms with van der Waals surface area (Å²) in [6.07, 6.45) is 2.76. The zero-order valence-electron chi connectivity index (χ0n) is 26.8. The van der Waals surface area contributed by atoms with Gasteiger partial charge in [-0.15, -0.1) is 0 Å². The van der Waals surface area contributed by atoms with E-state index in [0.29, 0.717) is 0 Å². The van der Waals surface area contributed by atoms with Gasteiger partial charge in [-0.2, -0.15) is 0 Å². The first-order valence-corrected chi connectivity index (χ1v) is 15.2. The summed E-state index contributed by atoms with van der Waals surface area (Å²) in [5.74, 6) is 0. The van der Waals surface area contributed by atoms with Crippen LogP contribution in [0.4, 0.5) is 32.3 Å². The third kappa shape index (κ3) is 11.8. The SMILES string of the molecule is CC(C)(C)OC(=O)NC1CCN(c2ccc(N)cc2)CC1.CC(C)(C)OC(=O)NC1CCN(c2ccc([N+](=O)[O-])cc2)CC1. The summed E-state index contributed by atoms with van der Waals surface area (Å²) < 4.78 is 10.5. The molecule has 0 saturated carbocycles. The van der Waals surface area contributed by atoms with Crippen LogP contribution in [0, 0.1) is 10.1 Å². The Balaban J connectivity index is 0.000000241. The quantitative estimate of drug-likeness (QED) is 0.214. The van der Waals surface area contributed by atoms with Crippen LogP contribution in [0.5, 0.6) is 0 Å². The predicted molar refractivity (Wildman–Crippen MR) is 173 cm³/mol. The monoisotopic (exact) mass is 612 g/mol. The molecule has 44 heavy (non-hydrogen) atoms. The van der Waals surface area contributed by atoms with Crippen LogP contribution in [0.25, 0.3) is 0 Å². The van der Waals surface area contributed by atoms with E-state index in [4.69, 9.17) is 15.2 Å². The number of nitrogens with zero attached hydrogens (tertiary/aromatic N) is 3. The number of hydrogen-bond acceptors (Lipinski definition) is 9. The van der Waals surface area contributed by atoms with E-state index in [2.05, 4.69) is 20.4 Å². The summed E-state index contributed by atoms with van der Waals surface area (Å²) in [6, 6.07) is 14.7. The number of rotatable bonds is 5. The van der Waals surface area contributed by atoms with Crippen molar-refractivity contribution in [3.63, 3.8) is 0 Å². The number of nitro groups is 1. The fourth-order valence-corrected chi connectivity index (χ4v) is 4.98. The zero-order chi connectivity index (χ0) is 32.5. The van der Waals surface area contributed by atoms with Crippen LogP contribution in [-0.4, -0.2) is 66.6 Å². The van der Waals surface area contributed by atoms with Crippen molar-refractivity contribution < 1.29 is 24.0 Å². The summed E-state index contributed by atoms with van der Waals surface area (Å²) in [5.41, 5.74) is 7.77. The second kappa shape index (κ2) is 15.0. The smallest absolute Gasteiger partial charge is 0.407 e. The van der Waals surface area contributed by atoms with Crippen molar-refractivity contribution >= 4 is 34.9 Å². The normalized spacial score (nSPS) is 16.3. The second-order valence-electron chi connectivity index (χ2n) is 13.2. The maximum Gasteiger partial charge on any atom is 0.407 e. The average molecular weight is 613 g/mol. The van der Waals surface area contributed by atoms with Crippen LogP contribution in [0.3, 0.4) is 0 Å². The molecule has 0 atom stereocenters. The van der Waals surface area contributed by atoms with Gasteiger partial charge >= 0.3 is 12.2 Å². The number of nitro benzene ring substituents is 1. The molecule has 2 saturated heterocycles. The van der Waals surface area contributed by atoms with Gasteiger partial charge in [-0.3, -0.25) is 10.1 Å². The Hall–Kier alpha value is -4.22. The molecule has 2 fully saturated rings. The lowest BCUT2D eigenvalue weighted by molar-refractivity contribution is -0.384. The van der Waals surface area contributed by atoms with Crippen LogP contribution < -0.4 is 26.2 Å². The molecule has 2 aromatic carbocycles. The fraction of sp³-hybridized carbons (Fsp3) is 0.562. The molecule has 2 amide bonds. The molecule has 4 rings (SSSR count). The van der Waals surface area contributed by atoms with Crippen molar-refractivity contribution in [1.29, 1.82) is 0 Å². The van der Waals surface area contributed by atoms with Crippen LogP contribution in [0.2, 0.25) is 0 Å². The Morgan fingerprint density at radius 2 is 1.07 bits per heavy atom. The number of anilines is 3. The van der Waals surface area contributed by atoms with Crippen molar-refractivity contribution in [1.82, 2.24) is 10.6 Å².